The van der Waals surface area contributed by atoms with Crippen LogP contribution in [-0.2, 0) is 15.1 Å². The van der Waals surface area contributed by atoms with Gasteiger partial charge in [-0.3, -0.25) is 0 Å². The van der Waals surface area contributed by atoms with E-state index in [1.54, 1.807) is 53.7 Å². The number of carbonyl (C=O) groups is 2. The van der Waals surface area contributed by atoms with Crippen LogP contribution in [0.1, 0.15) is 44.4 Å². The number of hydrogen-bond donors (Lipinski definition) is 2. The third kappa shape index (κ3) is 4.21. The van der Waals surface area contributed by atoms with Crippen molar-refractivity contribution in [2.24, 2.45) is 0 Å². The summed E-state index contributed by atoms with van der Waals surface area (Å²) in [5.74, 6) is 0.185. The molecule has 1 unspecified atom stereocenters. The number of aryl methyl sites for hydroxylation is 2. The molecule has 2 N–H and O–H groups in total. The van der Waals surface area contributed by atoms with Crippen molar-refractivity contribution in [3.05, 3.63) is 28.8 Å². The zero-order valence-corrected chi connectivity index (χ0v) is 13.4. The Morgan fingerprint density at radius 2 is 1.67 bits per heavy atom. The van der Waals surface area contributed by atoms with E-state index in [1.165, 1.54) is 0 Å². The van der Waals surface area contributed by atoms with E-state index in [-0.39, 0.29) is 5.75 Å². The number of phenols is 1. The van der Waals surface area contributed by atoms with Gasteiger partial charge in [0, 0.05) is 0 Å². The molecule has 1 aromatic carbocycles. The summed E-state index contributed by atoms with van der Waals surface area (Å²) < 4.78 is 5.18. The Kier molecular flexibility index (Phi) is 4.66. The Bertz CT molecular complexity index is 537. The highest BCUT2D eigenvalue weighted by Gasteiger charge is 2.31. The van der Waals surface area contributed by atoms with Gasteiger partial charge in [0.25, 0.3) is 0 Å². The molecule has 5 heteroatoms. The molecule has 0 saturated carbocycles. The maximum Gasteiger partial charge on any atom is 0.408 e. The lowest BCUT2D eigenvalue weighted by atomic mass is 9.90. The highest BCUT2D eigenvalue weighted by atomic mass is 16.6. The minimum Gasteiger partial charge on any atom is -0.507 e. The Labute approximate surface area is 125 Å². The third-order valence-corrected chi connectivity index (χ3v) is 3.09. The molecule has 1 rings (SSSR count). The van der Waals surface area contributed by atoms with Gasteiger partial charge in [0.1, 0.15) is 23.2 Å². The second-order valence-corrected chi connectivity index (χ2v) is 6.41. The summed E-state index contributed by atoms with van der Waals surface area (Å²) in [5, 5.41) is 12.4. The normalized spacial score (nSPS) is 14.2. The minimum absolute atomic E-state index is 0.185. The number of aldehydes is 1. The van der Waals surface area contributed by atoms with Crippen LogP contribution in [0.5, 0.6) is 5.75 Å². The van der Waals surface area contributed by atoms with E-state index in [1.807, 2.05) is 0 Å². The van der Waals surface area contributed by atoms with Gasteiger partial charge in [-0.05, 0) is 70.4 Å². The van der Waals surface area contributed by atoms with Gasteiger partial charge in [-0.1, -0.05) is 0 Å². The summed E-state index contributed by atoms with van der Waals surface area (Å²) in [6.45, 7) is 10.3. The molecule has 0 heterocycles. The molecular formula is C16H23NO4. The first kappa shape index (κ1) is 17.0. The number of carbonyl (C=O) groups excluding carboxylic acids is 2. The lowest BCUT2D eigenvalue weighted by Crippen LogP contribution is -2.47. The standard InChI is InChI=1S/C16H23NO4/c1-10-7-12(8-11(2)13(10)19)16(6,9-18)17-14(20)21-15(3,4)5/h7-9,19H,1-6H3,(H,17,20). The monoisotopic (exact) mass is 293 g/mol. The van der Waals surface area contributed by atoms with Gasteiger partial charge >= 0.3 is 6.09 Å². The Morgan fingerprint density at radius 3 is 2.05 bits per heavy atom. The fourth-order valence-electron chi connectivity index (χ4n) is 1.94. The molecule has 0 aromatic heterocycles. The van der Waals surface area contributed by atoms with Crippen LogP contribution in [0.2, 0.25) is 0 Å². The second-order valence-electron chi connectivity index (χ2n) is 6.41. The van der Waals surface area contributed by atoms with Gasteiger partial charge in [-0.25, -0.2) is 4.79 Å². The van der Waals surface area contributed by atoms with Crippen LogP contribution in [0.15, 0.2) is 12.1 Å². The highest BCUT2D eigenvalue weighted by molar-refractivity contribution is 5.78. The van der Waals surface area contributed by atoms with Crippen LogP contribution in [0.25, 0.3) is 0 Å². The van der Waals surface area contributed by atoms with Crippen molar-refractivity contribution in [1.29, 1.82) is 0 Å². The lowest BCUT2D eigenvalue weighted by molar-refractivity contribution is -0.113. The van der Waals surface area contributed by atoms with Gasteiger partial charge in [0.15, 0.2) is 0 Å². The van der Waals surface area contributed by atoms with Crippen molar-refractivity contribution in [2.45, 2.75) is 52.7 Å². The van der Waals surface area contributed by atoms with Crippen LogP contribution in [0, 0.1) is 13.8 Å². The lowest BCUT2D eigenvalue weighted by Gasteiger charge is -2.28. The van der Waals surface area contributed by atoms with Gasteiger partial charge in [-0.15, -0.1) is 0 Å². The van der Waals surface area contributed by atoms with E-state index in [0.717, 1.165) is 0 Å². The number of aromatic hydroxyl groups is 1. The van der Waals surface area contributed by atoms with Gasteiger partial charge in [0.05, 0.1) is 0 Å². The molecule has 0 aliphatic carbocycles. The Hall–Kier alpha value is -2.04. The highest BCUT2D eigenvalue weighted by Crippen LogP contribution is 2.28. The smallest absolute Gasteiger partial charge is 0.408 e. The molecule has 0 aliphatic heterocycles. The van der Waals surface area contributed by atoms with Gasteiger partial charge in [0.2, 0.25) is 0 Å². The van der Waals surface area contributed by atoms with Crippen LogP contribution in [0.4, 0.5) is 4.79 Å². The summed E-state index contributed by atoms with van der Waals surface area (Å²) in [4.78, 5) is 23.4. The summed E-state index contributed by atoms with van der Waals surface area (Å²) in [6.07, 6.45) is -0.0113. The van der Waals surface area contributed by atoms with Gasteiger partial charge in [-0.2, -0.15) is 0 Å². The number of benzene rings is 1. The first-order valence-corrected chi connectivity index (χ1v) is 6.77. The zero-order valence-electron chi connectivity index (χ0n) is 13.4. The SMILES string of the molecule is Cc1cc(C(C)(C=O)NC(=O)OC(C)(C)C)cc(C)c1O. The van der Waals surface area contributed by atoms with Crippen molar-refractivity contribution in [3.8, 4) is 5.75 Å². The molecule has 116 valence electrons. The molecule has 1 amide bonds. The van der Waals surface area contributed by atoms with Gasteiger partial charge < -0.3 is 20.0 Å². The van der Waals surface area contributed by atoms with Crippen LogP contribution < -0.4 is 5.32 Å². The number of rotatable bonds is 3. The Balaban J connectivity index is 3.10. The van der Waals surface area contributed by atoms with E-state index in [2.05, 4.69) is 5.32 Å². The van der Waals surface area contributed by atoms with Crippen LogP contribution in [-0.4, -0.2) is 23.1 Å². The molecular weight excluding hydrogens is 270 g/mol. The molecule has 0 aliphatic rings. The molecule has 0 radical (unpaired) electrons. The second kappa shape index (κ2) is 5.76. The fraction of sp³-hybridized carbons (Fsp3) is 0.500. The van der Waals surface area contributed by atoms with Crippen molar-refractivity contribution >= 4 is 12.4 Å². The van der Waals surface area contributed by atoms with E-state index in [0.29, 0.717) is 23.0 Å². The first-order chi connectivity index (χ1) is 9.48. The number of ether oxygens (including phenoxy) is 1. The number of amides is 1. The molecule has 0 fully saturated rings. The molecule has 1 atom stereocenters. The minimum atomic E-state index is -1.22. The molecule has 0 saturated heterocycles. The van der Waals surface area contributed by atoms with Crippen LogP contribution >= 0.6 is 0 Å². The molecule has 0 spiro atoms. The van der Waals surface area contributed by atoms with E-state index >= 15 is 0 Å². The summed E-state index contributed by atoms with van der Waals surface area (Å²) in [7, 11) is 0. The first-order valence-electron chi connectivity index (χ1n) is 6.77. The van der Waals surface area contributed by atoms with E-state index in [9.17, 15) is 14.7 Å². The molecule has 1 aromatic rings. The Morgan fingerprint density at radius 1 is 1.19 bits per heavy atom. The summed E-state index contributed by atoms with van der Waals surface area (Å²) >= 11 is 0. The molecule has 5 nitrogen and oxygen atoms in total. The van der Waals surface area contributed by atoms with Crippen molar-refractivity contribution in [1.82, 2.24) is 5.32 Å². The largest absolute Gasteiger partial charge is 0.507 e. The number of hydrogen-bond acceptors (Lipinski definition) is 4. The van der Waals surface area contributed by atoms with Crippen LogP contribution in [0.3, 0.4) is 0 Å². The summed E-state index contributed by atoms with van der Waals surface area (Å²) in [5.41, 5.74) is 0.0181. The zero-order chi connectivity index (χ0) is 16.4. The number of alkyl carbamates (subject to hydrolysis) is 1. The third-order valence-electron chi connectivity index (χ3n) is 3.09. The van der Waals surface area contributed by atoms with E-state index < -0.39 is 17.2 Å². The summed E-state index contributed by atoms with van der Waals surface area (Å²) in [6, 6.07) is 3.35. The number of phenolic OH excluding ortho intramolecular Hbond substituents is 1. The molecule has 0 bridgehead atoms. The maximum absolute atomic E-state index is 11.9. The number of nitrogens with one attached hydrogen (secondary N) is 1. The average Bonchev–Trinajstić information content (AvgIpc) is 2.32. The predicted octanol–water partition coefficient (Wildman–Crippen LogP) is 2.95. The van der Waals surface area contributed by atoms with Crippen molar-refractivity contribution in [3.63, 3.8) is 0 Å². The van der Waals surface area contributed by atoms with Crippen molar-refractivity contribution < 1.29 is 19.4 Å². The maximum atomic E-state index is 11.9. The topological polar surface area (TPSA) is 75.6 Å². The van der Waals surface area contributed by atoms with E-state index in [4.69, 9.17) is 4.74 Å². The fourth-order valence-corrected chi connectivity index (χ4v) is 1.94. The quantitative estimate of drug-likeness (QED) is 0.840. The molecule has 21 heavy (non-hydrogen) atoms. The predicted molar refractivity (Wildman–Crippen MR) is 80.4 cm³/mol. The van der Waals surface area contributed by atoms with Crippen molar-refractivity contribution in [2.75, 3.05) is 0 Å². The average molecular weight is 293 g/mol.